The van der Waals surface area contributed by atoms with E-state index in [9.17, 15) is 4.79 Å². The van der Waals surface area contributed by atoms with E-state index in [1.165, 1.54) is 11.8 Å². The molecule has 0 spiro atoms. The highest BCUT2D eigenvalue weighted by atomic mass is 79.9. The minimum absolute atomic E-state index is 0.0245. The minimum Gasteiger partial charge on any atom is -0.481 e. The Balaban J connectivity index is 2.41. The average Bonchev–Trinajstić information content (AvgIpc) is 2.80. The lowest BCUT2D eigenvalue weighted by atomic mass is 10.2. The molecule has 0 saturated carbocycles. The second kappa shape index (κ2) is 6.41. The molecule has 1 heterocycles. The second-order valence-electron chi connectivity index (χ2n) is 4.46. The van der Waals surface area contributed by atoms with Gasteiger partial charge in [-0.3, -0.25) is 9.36 Å². The van der Waals surface area contributed by atoms with E-state index >= 15 is 0 Å². The molecule has 20 heavy (non-hydrogen) atoms. The highest BCUT2D eigenvalue weighted by Crippen LogP contribution is 2.28. The molecule has 106 valence electrons. The Hall–Kier alpha value is -1.34. The van der Waals surface area contributed by atoms with E-state index in [0.29, 0.717) is 5.16 Å². The Bertz CT molecular complexity index is 628. The summed E-state index contributed by atoms with van der Waals surface area (Å²) in [5.41, 5.74) is 0.947. The van der Waals surface area contributed by atoms with Crippen molar-refractivity contribution in [2.45, 2.75) is 25.0 Å². The van der Waals surface area contributed by atoms with Gasteiger partial charge in [0.2, 0.25) is 0 Å². The van der Waals surface area contributed by atoms with Crippen molar-refractivity contribution in [2.75, 3.05) is 5.75 Å². The molecule has 2 rings (SSSR count). The Labute approximate surface area is 129 Å². The summed E-state index contributed by atoms with van der Waals surface area (Å²) in [6.07, 6.45) is 0. The minimum atomic E-state index is -0.864. The van der Waals surface area contributed by atoms with Crippen LogP contribution in [0.3, 0.4) is 0 Å². The van der Waals surface area contributed by atoms with E-state index in [1.807, 2.05) is 42.7 Å². The molecule has 0 atom stereocenters. The highest BCUT2D eigenvalue weighted by molar-refractivity contribution is 9.10. The number of halogens is 1. The van der Waals surface area contributed by atoms with Gasteiger partial charge >= 0.3 is 5.97 Å². The van der Waals surface area contributed by atoms with Crippen molar-refractivity contribution in [1.82, 2.24) is 14.8 Å². The zero-order valence-corrected chi connectivity index (χ0v) is 13.5. The summed E-state index contributed by atoms with van der Waals surface area (Å²) in [6.45, 7) is 4.05. The van der Waals surface area contributed by atoms with Crippen LogP contribution in [0.1, 0.15) is 19.9 Å². The molecule has 5 nitrogen and oxygen atoms in total. The maximum Gasteiger partial charge on any atom is 0.313 e. The van der Waals surface area contributed by atoms with Gasteiger partial charge in [0.05, 0.1) is 5.75 Å². The van der Waals surface area contributed by atoms with Crippen LogP contribution in [0.25, 0.3) is 11.4 Å². The van der Waals surface area contributed by atoms with Crippen LogP contribution in [0.4, 0.5) is 0 Å². The Morgan fingerprint density at radius 1 is 1.45 bits per heavy atom. The predicted octanol–water partition coefficient (Wildman–Crippen LogP) is 3.47. The first-order chi connectivity index (χ1) is 9.49. The fourth-order valence-corrected chi connectivity index (χ4v) is 2.98. The zero-order chi connectivity index (χ0) is 14.7. The molecule has 0 bridgehead atoms. The molecule has 0 aliphatic carbocycles. The van der Waals surface area contributed by atoms with Crippen molar-refractivity contribution in [3.8, 4) is 11.4 Å². The molecular formula is C13H14BrN3O2S. The van der Waals surface area contributed by atoms with Gasteiger partial charge in [-0.05, 0) is 26.0 Å². The van der Waals surface area contributed by atoms with Crippen molar-refractivity contribution < 1.29 is 9.90 Å². The Morgan fingerprint density at radius 3 is 2.80 bits per heavy atom. The highest BCUT2D eigenvalue weighted by Gasteiger charge is 2.17. The summed E-state index contributed by atoms with van der Waals surface area (Å²) in [7, 11) is 0. The molecule has 7 heteroatoms. The lowest BCUT2D eigenvalue weighted by Gasteiger charge is -2.13. The summed E-state index contributed by atoms with van der Waals surface area (Å²) < 4.78 is 2.92. The van der Waals surface area contributed by atoms with Gasteiger partial charge in [-0.15, -0.1) is 10.2 Å². The normalized spacial score (nSPS) is 11.0. The molecule has 0 aliphatic heterocycles. The van der Waals surface area contributed by atoms with Crippen LogP contribution in [0.15, 0.2) is 33.9 Å². The first-order valence-corrected chi connectivity index (χ1v) is 7.82. The number of carboxylic acids is 1. The third kappa shape index (κ3) is 3.40. The van der Waals surface area contributed by atoms with Gasteiger partial charge < -0.3 is 5.11 Å². The number of benzene rings is 1. The van der Waals surface area contributed by atoms with E-state index in [4.69, 9.17) is 5.11 Å². The fraction of sp³-hybridized carbons (Fsp3) is 0.308. The van der Waals surface area contributed by atoms with Crippen LogP contribution in [0.2, 0.25) is 0 Å². The SMILES string of the molecule is CC(C)n1c(SCC(=O)O)nnc1-c1cccc(Br)c1. The van der Waals surface area contributed by atoms with E-state index in [1.54, 1.807) is 0 Å². The van der Waals surface area contributed by atoms with Crippen LogP contribution in [0, 0.1) is 0 Å². The van der Waals surface area contributed by atoms with Crippen LogP contribution < -0.4 is 0 Å². The third-order valence-corrected chi connectivity index (χ3v) is 4.01. The second-order valence-corrected chi connectivity index (χ2v) is 6.32. The monoisotopic (exact) mass is 355 g/mol. The van der Waals surface area contributed by atoms with Gasteiger partial charge in [0.25, 0.3) is 0 Å². The van der Waals surface area contributed by atoms with Crippen LogP contribution >= 0.6 is 27.7 Å². The van der Waals surface area contributed by atoms with E-state index in [-0.39, 0.29) is 11.8 Å². The van der Waals surface area contributed by atoms with Crippen molar-refractivity contribution >= 4 is 33.7 Å². The van der Waals surface area contributed by atoms with Crippen LogP contribution in [0.5, 0.6) is 0 Å². The molecule has 2 aromatic rings. The van der Waals surface area contributed by atoms with Gasteiger partial charge in [-0.25, -0.2) is 0 Å². The molecule has 0 aliphatic rings. The molecule has 0 unspecified atom stereocenters. The van der Waals surface area contributed by atoms with Crippen molar-refractivity contribution in [3.05, 3.63) is 28.7 Å². The lowest BCUT2D eigenvalue weighted by molar-refractivity contribution is -0.133. The molecule has 0 amide bonds. The number of hydrogen-bond donors (Lipinski definition) is 1. The van der Waals surface area contributed by atoms with Crippen LogP contribution in [-0.4, -0.2) is 31.6 Å². The maximum absolute atomic E-state index is 10.7. The molecule has 1 N–H and O–H groups in total. The van der Waals surface area contributed by atoms with E-state index in [2.05, 4.69) is 26.1 Å². The van der Waals surface area contributed by atoms with E-state index in [0.717, 1.165) is 15.9 Å². The maximum atomic E-state index is 10.7. The zero-order valence-electron chi connectivity index (χ0n) is 11.1. The standard InChI is InChI=1S/C13H14BrN3O2S/c1-8(2)17-12(9-4-3-5-10(14)6-9)15-16-13(17)20-7-11(18)19/h3-6,8H,7H2,1-2H3,(H,18,19). The van der Waals surface area contributed by atoms with Gasteiger partial charge in [0, 0.05) is 16.1 Å². The number of carboxylic acid groups (broad SMARTS) is 1. The number of hydrogen-bond acceptors (Lipinski definition) is 4. The fourth-order valence-electron chi connectivity index (χ4n) is 1.79. The Kier molecular flexibility index (Phi) is 4.82. The van der Waals surface area contributed by atoms with Crippen molar-refractivity contribution in [3.63, 3.8) is 0 Å². The number of aliphatic carboxylic acids is 1. The summed E-state index contributed by atoms with van der Waals surface area (Å²) in [6, 6.07) is 7.95. The smallest absolute Gasteiger partial charge is 0.313 e. The topological polar surface area (TPSA) is 68.0 Å². The molecular weight excluding hydrogens is 342 g/mol. The summed E-state index contributed by atoms with van der Waals surface area (Å²) in [5, 5.41) is 17.7. The summed E-state index contributed by atoms with van der Waals surface area (Å²) in [4.78, 5) is 10.7. The van der Waals surface area contributed by atoms with Gasteiger partial charge in [-0.1, -0.05) is 39.8 Å². The number of thioether (sulfide) groups is 1. The molecule has 0 fully saturated rings. The quantitative estimate of drug-likeness (QED) is 0.831. The lowest BCUT2D eigenvalue weighted by Crippen LogP contribution is -2.07. The van der Waals surface area contributed by atoms with Gasteiger partial charge in [0.15, 0.2) is 11.0 Å². The first-order valence-electron chi connectivity index (χ1n) is 6.04. The first kappa shape index (κ1) is 15.1. The third-order valence-electron chi connectivity index (χ3n) is 2.59. The summed E-state index contributed by atoms with van der Waals surface area (Å²) >= 11 is 4.62. The van der Waals surface area contributed by atoms with Crippen LogP contribution in [-0.2, 0) is 4.79 Å². The van der Waals surface area contributed by atoms with Crippen molar-refractivity contribution in [1.29, 1.82) is 0 Å². The molecule has 1 aromatic heterocycles. The largest absolute Gasteiger partial charge is 0.481 e. The molecule has 0 radical (unpaired) electrons. The number of nitrogens with zero attached hydrogens (tertiary/aromatic N) is 3. The molecule has 1 aromatic carbocycles. The Morgan fingerprint density at radius 2 is 2.20 bits per heavy atom. The average molecular weight is 356 g/mol. The number of aromatic nitrogens is 3. The number of rotatable bonds is 5. The molecule has 0 saturated heterocycles. The van der Waals surface area contributed by atoms with Crippen molar-refractivity contribution in [2.24, 2.45) is 0 Å². The van der Waals surface area contributed by atoms with Gasteiger partial charge in [-0.2, -0.15) is 0 Å². The van der Waals surface area contributed by atoms with Gasteiger partial charge in [0.1, 0.15) is 0 Å². The van der Waals surface area contributed by atoms with E-state index < -0.39 is 5.97 Å². The predicted molar refractivity (Wildman–Crippen MR) is 81.9 cm³/mol. The summed E-state index contributed by atoms with van der Waals surface area (Å²) in [5.74, 6) is -0.143. The number of carbonyl (C=O) groups is 1.